The molecular formula is C16H13N. The van der Waals surface area contributed by atoms with Crippen LogP contribution in [0.4, 0.5) is 0 Å². The van der Waals surface area contributed by atoms with Gasteiger partial charge in [-0.1, -0.05) is 48.6 Å². The Balaban J connectivity index is 2.26. The summed E-state index contributed by atoms with van der Waals surface area (Å²) in [6.45, 7) is 0. The van der Waals surface area contributed by atoms with Crippen molar-refractivity contribution in [3.05, 3.63) is 70.8 Å². The second-order valence-corrected chi connectivity index (χ2v) is 4.91. The van der Waals surface area contributed by atoms with Crippen molar-refractivity contribution in [2.75, 3.05) is 0 Å². The molecule has 0 spiro atoms. The van der Waals surface area contributed by atoms with Gasteiger partial charge in [0.05, 0.1) is 0 Å². The van der Waals surface area contributed by atoms with Crippen molar-refractivity contribution in [1.29, 1.82) is 0 Å². The minimum absolute atomic E-state index is 0.0609. The van der Waals surface area contributed by atoms with Crippen molar-refractivity contribution in [2.45, 2.75) is 6.42 Å². The van der Waals surface area contributed by atoms with Crippen molar-refractivity contribution in [1.82, 2.24) is 5.32 Å². The average Bonchev–Trinajstić information content (AvgIpc) is 2.36. The molecule has 0 saturated heterocycles. The first-order chi connectivity index (χ1) is 8.37. The van der Waals surface area contributed by atoms with Crippen LogP contribution in [-0.4, -0.2) is 0 Å². The van der Waals surface area contributed by atoms with E-state index in [2.05, 4.69) is 66.3 Å². The second-order valence-electron chi connectivity index (χ2n) is 4.91. The minimum atomic E-state index is 0.0609. The fourth-order valence-electron chi connectivity index (χ4n) is 3.07. The molecule has 1 nitrogen and oxygen atoms in total. The average molecular weight is 219 g/mol. The summed E-state index contributed by atoms with van der Waals surface area (Å²) < 4.78 is 0. The van der Waals surface area contributed by atoms with E-state index in [1.54, 1.807) is 0 Å². The number of fused-ring (bicyclic) bond motifs is 1. The van der Waals surface area contributed by atoms with Gasteiger partial charge in [-0.15, -0.1) is 0 Å². The maximum Gasteiger partial charge on any atom is 0.0378 e. The number of allylic oxidation sites excluding steroid dienone is 5. The van der Waals surface area contributed by atoms with Crippen molar-refractivity contribution < 1.29 is 0 Å². The Morgan fingerprint density at radius 2 is 2.12 bits per heavy atom. The molecule has 3 aliphatic rings. The highest BCUT2D eigenvalue weighted by Crippen LogP contribution is 2.40. The van der Waals surface area contributed by atoms with Gasteiger partial charge in [0.15, 0.2) is 0 Å². The topological polar surface area (TPSA) is 12.0 Å². The third-order valence-corrected chi connectivity index (χ3v) is 3.89. The Morgan fingerprint density at radius 1 is 1.12 bits per heavy atom. The standard InChI is InChI=1S/C16H13N/c1-2-6-16-7-8-17-11-13-5-4-12(10-16)9-14(13)15(16)3-1/h1-9,11,17H,10H2. The Hall–Kier alpha value is -2.02. The number of rotatable bonds is 0. The Labute approximate surface area is 100 Å². The molecule has 1 aliphatic heterocycles. The SMILES string of the molecule is C1=CC2=c3cc4ccc3=CNC=CC2(C=C1)C4. The zero-order valence-corrected chi connectivity index (χ0v) is 9.48. The molecule has 1 unspecified atom stereocenters. The normalized spacial score (nSPS) is 26.9. The van der Waals surface area contributed by atoms with Gasteiger partial charge in [0.25, 0.3) is 0 Å². The first-order valence-electron chi connectivity index (χ1n) is 6.01. The molecule has 1 atom stereocenters. The predicted octanol–water partition coefficient (Wildman–Crippen LogP) is 1.36. The van der Waals surface area contributed by atoms with Gasteiger partial charge in [0.1, 0.15) is 0 Å². The molecule has 1 N–H and O–H groups in total. The summed E-state index contributed by atoms with van der Waals surface area (Å²) >= 11 is 0. The molecule has 0 amide bonds. The van der Waals surface area contributed by atoms with Crippen LogP contribution >= 0.6 is 0 Å². The molecule has 2 aliphatic carbocycles. The van der Waals surface area contributed by atoms with E-state index in [1.165, 1.54) is 21.6 Å². The van der Waals surface area contributed by atoms with Gasteiger partial charge in [-0.05, 0) is 34.2 Å². The van der Waals surface area contributed by atoms with Crippen LogP contribution in [0.5, 0.6) is 0 Å². The number of nitrogens with one attached hydrogen (secondary N) is 1. The van der Waals surface area contributed by atoms with Gasteiger partial charge in [0, 0.05) is 11.6 Å². The quantitative estimate of drug-likeness (QED) is 0.694. The predicted molar refractivity (Wildman–Crippen MR) is 70.3 cm³/mol. The van der Waals surface area contributed by atoms with Crippen LogP contribution in [0.15, 0.2) is 54.8 Å². The lowest BCUT2D eigenvalue weighted by molar-refractivity contribution is 0.628. The molecule has 1 aromatic rings. The van der Waals surface area contributed by atoms with E-state index in [0.29, 0.717) is 0 Å². The van der Waals surface area contributed by atoms with E-state index < -0.39 is 0 Å². The van der Waals surface area contributed by atoms with Gasteiger partial charge >= 0.3 is 0 Å². The molecule has 0 fully saturated rings. The van der Waals surface area contributed by atoms with Gasteiger partial charge in [0.2, 0.25) is 0 Å². The highest BCUT2D eigenvalue weighted by atomic mass is 14.8. The highest BCUT2D eigenvalue weighted by Gasteiger charge is 2.32. The number of hydrogen-bond donors (Lipinski definition) is 1. The van der Waals surface area contributed by atoms with E-state index in [9.17, 15) is 0 Å². The minimum Gasteiger partial charge on any atom is -0.367 e. The van der Waals surface area contributed by atoms with Crippen LogP contribution in [0.1, 0.15) is 5.56 Å². The molecule has 0 radical (unpaired) electrons. The van der Waals surface area contributed by atoms with Crippen LogP contribution < -0.4 is 15.8 Å². The Kier molecular flexibility index (Phi) is 1.60. The van der Waals surface area contributed by atoms with Gasteiger partial charge in [-0.25, -0.2) is 0 Å². The van der Waals surface area contributed by atoms with Crippen LogP contribution in [0.3, 0.4) is 0 Å². The van der Waals surface area contributed by atoms with Crippen LogP contribution in [0.25, 0.3) is 11.8 Å². The maximum atomic E-state index is 3.25. The van der Waals surface area contributed by atoms with E-state index >= 15 is 0 Å². The molecule has 82 valence electrons. The summed E-state index contributed by atoms with van der Waals surface area (Å²) in [6.07, 6.45) is 16.3. The molecule has 4 rings (SSSR count). The fourth-order valence-corrected chi connectivity index (χ4v) is 3.07. The lowest BCUT2D eigenvalue weighted by atomic mass is 9.69. The zero-order chi connectivity index (χ0) is 11.3. The summed E-state index contributed by atoms with van der Waals surface area (Å²) in [5, 5.41) is 5.90. The molecule has 0 saturated carbocycles. The van der Waals surface area contributed by atoms with Crippen LogP contribution in [0, 0.1) is 5.41 Å². The van der Waals surface area contributed by atoms with E-state index in [0.717, 1.165) is 6.42 Å². The molecule has 1 heterocycles. The summed E-state index contributed by atoms with van der Waals surface area (Å²) in [5.41, 5.74) is 2.91. The van der Waals surface area contributed by atoms with Crippen LogP contribution in [-0.2, 0) is 6.42 Å². The summed E-state index contributed by atoms with van der Waals surface area (Å²) in [5.74, 6) is 0. The lowest BCUT2D eigenvalue weighted by Crippen LogP contribution is -2.40. The van der Waals surface area contributed by atoms with E-state index in [4.69, 9.17) is 0 Å². The lowest BCUT2D eigenvalue weighted by Gasteiger charge is -2.35. The van der Waals surface area contributed by atoms with E-state index in [1.807, 2.05) is 0 Å². The van der Waals surface area contributed by atoms with Gasteiger partial charge in [-0.3, -0.25) is 0 Å². The first kappa shape index (κ1) is 9.06. The monoisotopic (exact) mass is 219 g/mol. The third kappa shape index (κ3) is 1.14. The molecular weight excluding hydrogens is 206 g/mol. The Morgan fingerprint density at radius 3 is 3.12 bits per heavy atom. The highest BCUT2D eigenvalue weighted by molar-refractivity contribution is 5.73. The van der Waals surface area contributed by atoms with Crippen molar-refractivity contribution in [2.24, 2.45) is 5.41 Å². The molecule has 1 aromatic carbocycles. The third-order valence-electron chi connectivity index (χ3n) is 3.89. The van der Waals surface area contributed by atoms with Crippen LogP contribution in [0.2, 0.25) is 0 Å². The molecule has 0 aromatic heterocycles. The van der Waals surface area contributed by atoms with Gasteiger partial charge in [-0.2, -0.15) is 0 Å². The summed E-state index contributed by atoms with van der Waals surface area (Å²) in [6, 6.07) is 6.77. The van der Waals surface area contributed by atoms with E-state index in [-0.39, 0.29) is 5.41 Å². The maximum absolute atomic E-state index is 3.25. The van der Waals surface area contributed by atoms with Crippen molar-refractivity contribution in [3.8, 4) is 0 Å². The zero-order valence-electron chi connectivity index (χ0n) is 9.48. The smallest absolute Gasteiger partial charge is 0.0378 e. The molecule has 1 heteroatoms. The largest absolute Gasteiger partial charge is 0.367 e. The second kappa shape index (κ2) is 3.01. The number of hydrogen-bond acceptors (Lipinski definition) is 1. The first-order valence-corrected chi connectivity index (χ1v) is 6.01. The molecule has 3 bridgehead atoms. The number of benzene rings is 1. The fraction of sp³-hybridized carbons (Fsp3) is 0.125. The summed E-state index contributed by atoms with van der Waals surface area (Å²) in [7, 11) is 0. The van der Waals surface area contributed by atoms with Gasteiger partial charge < -0.3 is 5.32 Å². The molecule has 17 heavy (non-hydrogen) atoms. The van der Waals surface area contributed by atoms with Crippen molar-refractivity contribution >= 4 is 11.8 Å². The van der Waals surface area contributed by atoms with Crippen molar-refractivity contribution in [3.63, 3.8) is 0 Å². The summed E-state index contributed by atoms with van der Waals surface area (Å²) in [4.78, 5) is 0. The Bertz CT molecular complexity index is 704.